The van der Waals surface area contributed by atoms with E-state index in [1.165, 1.54) is 23.1 Å². The normalized spacial score (nSPS) is 12.4. The van der Waals surface area contributed by atoms with E-state index in [0.29, 0.717) is 6.04 Å². The fraction of sp³-hybridized carbons (Fsp3) is 0.467. The van der Waals surface area contributed by atoms with Gasteiger partial charge in [0.15, 0.2) is 0 Å². The van der Waals surface area contributed by atoms with Gasteiger partial charge in [-0.1, -0.05) is 42.3 Å². The Labute approximate surface area is 99.6 Å². The molecular weight excluding hydrogens is 194 g/mol. The van der Waals surface area contributed by atoms with Gasteiger partial charge in [0.2, 0.25) is 0 Å². The van der Waals surface area contributed by atoms with Crippen LogP contribution in [0.2, 0.25) is 0 Å². The SMILES string of the molecule is C=CCC(NCCC)c1cc(C)cc(C)c1. The van der Waals surface area contributed by atoms with Gasteiger partial charge >= 0.3 is 0 Å². The topological polar surface area (TPSA) is 12.0 Å². The van der Waals surface area contributed by atoms with Crippen molar-refractivity contribution in [3.63, 3.8) is 0 Å². The average Bonchev–Trinajstić information content (AvgIpc) is 2.22. The summed E-state index contributed by atoms with van der Waals surface area (Å²) in [5.74, 6) is 0. The first-order chi connectivity index (χ1) is 7.67. The first kappa shape index (κ1) is 13.0. The summed E-state index contributed by atoms with van der Waals surface area (Å²) in [5, 5.41) is 3.57. The molecule has 1 heteroatoms. The predicted octanol–water partition coefficient (Wildman–Crippen LogP) is 3.92. The van der Waals surface area contributed by atoms with Crippen LogP contribution in [-0.4, -0.2) is 6.54 Å². The summed E-state index contributed by atoms with van der Waals surface area (Å²) < 4.78 is 0. The van der Waals surface area contributed by atoms with Gasteiger partial charge in [-0.3, -0.25) is 0 Å². The molecular formula is C15H23N. The molecule has 0 amide bonds. The smallest absolute Gasteiger partial charge is 0.0355 e. The molecule has 0 aliphatic carbocycles. The van der Waals surface area contributed by atoms with E-state index in [1.807, 2.05) is 6.08 Å². The van der Waals surface area contributed by atoms with Crippen molar-refractivity contribution < 1.29 is 0 Å². The van der Waals surface area contributed by atoms with Gasteiger partial charge in [-0.05, 0) is 38.8 Å². The molecule has 1 N–H and O–H groups in total. The molecule has 1 unspecified atom stereocenters. The van der Waals surface area contributed by atoms with Gasteiger partial charge < -0.3 is 5.32 Å². The number of nitrogens with one attached hydrogen (secondary N) is 1. The maximum atomic E-state index is 3.84. The Balaban J connectivity index is 2.86. The molecule has 16 heavy (non-hydrogen) atoms. The van der Waals surface area contributed by atoms with E-state index >= 15 is 0 Å². The first-order valence-electron chi connectivity index (χ1n) is 6.09. The van der Waals surface area contributed by atoms with Crippen molar-refractivity contribution >= 4 is 0 Å². The van der Waals surface area contributed by atoms with Gasteiger partial charge in [0.05, 0.1) is 0 Å². The second-order valence-electron chi connectivity index (χ2n) is 4.45. The summed E-state index contributed by atoms with van der Waals surface area (Å²) in [6, 6.07) is 7.16. The van der Waals surface area contributed by atoms with E-state index in [-0.39, 0.29) is 0 Å². The number of hydrogen-bond acceptors (Lipinski definition) is 1. The van der Waals surface area contributed by atoms with Crippen molar-refractivity contribution in [1.29, 1.82) is 0 Å². The molecule has 0 bridgehead atoms. The van der Waals surface area contributed by atoms with Gasteiger partial charge in [0.25, 0.3) is 0 Å². The Morgan fingerprint density at radius 3 is 2.38 bits per heavy atom. The molecule has 0 aromatic heterocycles. The summed E-state index contributed by atoms with van der Waals surface area (Å²) in [6.45, 7) is 11.4. The van der Waals surface area contributed by atoms with Crippen molar-refractivity contribution in [2.75, 3.05) is 6.54 Å². The largest absolute Gasteiger partial charge is 0.310 e. The quantitative estimate of drug-likeness (QED) is 0.712. The van der Waals surface area contributed by atoms with Gasteiger partial charge in [0.1, 0.15) is 0 Å². The summed E-state index contributed by atoms with van der Waals surface area (Å²) in [4.78, 5) is 0. The van der Waals surface area contributed by atoms with Crippen molar-refractivity contribution in [2.45, 2.75) is 39.7 Å². The fourth-order valence-electron chi connectivity index (χ4n) is 2.03. The summed E-state index contributed by atoms with van der Waals surface area (Å²) in [7, 11) is 0. The van der Waals surface area contributed by atoms with E-state index in [1.54, 1.807) is 0 Å². The van der Waals surface area contributed by atoms with Gasteiger partial charge in [-0.25, -0.2) is 0 Å². The molecule has 0 fully saturated rings. The minimum absolute atomic E-state index is 0.413. The molecule has 0 saturated carbocycles. The van der Waals surface area contributed by atoms with E-state index in [4.69, 9.17) is 0 Å². The van der Waals surface area contributed by atoms with Gasteiger partial charge in [0, 0.05) is 6.04 Å². The zero-order valence-corrected chi connectivity index (χ0v) is 10.7. The van der Waals surface area contributed by atoms with Crippen LogP contribution >= 0.6 is 0 Å². The number of aryl methyl sites for hydroxylation is 2. The Kier molecular flexibility index (Phi) is 5.27. The zero-order chi connectivity index (χ0) is 12.0. The number of rotatable bonds is 6. The maximum absolute atomic E-state index is 3.84. The molecule has 1 rings (SSSR count). The van der Waals surface area contributed by atoms with Crippen molar-refractivity contribution in [3.05, 3.63) is 47.5 Å². The van der Waals surface area contributed by atoms with Crippen molar-refractivity contribution in [1.82, 2.24) is 5.32 Å². The Morgan fingerprint density at radius 2 is 1.88 bits per heavy atom. The lowest BCUT2D eigenvalue weighted by Crippen LogP contribution is -2.21. The molecule has 1 nitrogen and oxygen atoms in total. The van der Waals surface area contributed by atoms with Crippen molar-refractivity contribution in [3.8, 4) is 0 Å². The van der Waals surface area contributed by atoms with Crippen LogP contribution in [0.15, 0.2) is 30.9 Å². The summed E-state index contributed by atoms with van der Waals surface area (Å²) in [6.07, 6.45) is 4.15. The third-order valence-corrected chi connectivity index (χ3v) is 2.69. The highest BCUT2D eigenvalue weighted by Crippen LogP contribution is 2.20. The monoisotopic (exact) mass is 217 g/mol. The minimum Gasteiger partial charge on any atom is -0.310 e. The standard InChI is InChI=1S/C15H23N/c1-5-7-15(16-8-6-2)14-10-12(3)9-13(4)11-14/h5,9-11,15-16H,1,6-8H2,2-4H3. The van der Waals surface area contributed by atoms with Crippen LogP contribution in [0.25, 0.3) is 0 Å². The van der Waals surface area contributed by atoms with E-state index in [9.17, 15) is 0 Å². The molecule has 1 aromatic carbocycles. The number of benzene rings is 1. The highest BCUT2D eigenvalue weighted by atomic mass is 14.9. The summed E-state index contributed by atoms with van der Waals surface area (Å²) >= 11 is 0. The predicted molar refractivity (Wildman–Crippen MR) is 71.8 cm³/mol. The molecule has 88 valence electrons. The van der Waals surface area contributed by atoms with Crippen LogP contribution in [0.4, 0.5) is 0 Å². The third kappa shape index (κ3) is 3.82. The lowest BCUT2D eigenvalue weighted by Gasteiger charge is -2.18. The molecule has 0 aliphatic heterocycles. The van der Waals surface area contributed by atoms with Crippen LogP contribution < -0.4 is 5.32 Å². The maximum Gasteiger partial charge on any atom is 0.0355 e. The fourth-order valence-corrected chi connectivity index (χ4v) is 2.03. The molecule has 1 atom stereocenters. The lowest BCUT2D eigenvalue weighted by atomic mass is 9.99. The highest BCUT2D eigenvalue weighted by Gasteiger charge is 2.09. The Morgan fingerprint density at radius 1 is 1.25 bits per heavy atom. The van der Waals surface area contributed by atoms with E-state index in [0.717, 1.165) is 13.0 Å². The first-order valence-corrected chi connectivity index (χ1v) is 6.09. The Bertz CT molecular complexity index is 321. The van der Waals surface area contributed by atoms with E-state index < -0.39 is 0 Å². The lowest BCUT2D eigenvalue weighted by molar-refractivity contribution is 0.537. The van der Waals surface area contributed by atoms with Gasteiger partial charge in [-0.15, -0.1) is 6.58 Å². The van der Waals surface area contributed by atoms with Crippen LogP contribution in [0, 0.1) is 13.8 Å². The van der Waals surface area contributed by atoms with Gasteiger partial charge in [-0.2, -0.15) is 0 Å². The van der Waals surface area contributed by atoms with Crippen LogP contribution in [0.3, 0.4) is 0 Å². The number of hydrogen-bond donors (Lipinski definition) is 1. The van der Waals surface area contributed by atoms with Crippen LogP contribution in [0.1, 0.15) is 42.5 Å². The molecule has 0 spiro atoms. The average molecular weight is 217 g/mol. The Hall–Kier alpha value is -1.08. The third-order valence-electron chi connectivity index (χ3n) is 2.69. The minimum atomic E-state index is 0.413. The molecule has 0 saturated heterocycles. The van der Waals surface area contributed by atoms with Crippen LogP contribution in [0.5, 0.6) is 0 Å². The zero-order valence-electron chi connectivity index (χ0n) is 10.7. The molecule has 1 aromatic rings. The molecule has 0 radical (unpaired) electrons. The highest BCUT2D eigenvalue weighted by molar-refractivity contribution is 5.31. The molecule has 0 aliphatic rings. The van der Waals surface area contributed by atoms with E-state index in [2.05, 4.69) is 50.9 Å². The second kappa shape index (κ2) is 6.49. The second-order valence-corrected chi connectivity index (χ2v) is 4.45. The molecule has 0 heterocycles. The summed E-state index contributed by atoms with van der Waals surface area (Å²) in [5.41, 5.74) is 4.05. The van der Waals surface area contributed by atoms with Crippen molar-refractivity contribution in [2.24, 2.45) is 0 Å². The van der Waals surface area contributed by atoms with Crippen LogP contribution in [-0.2, 0) is 0 Å².